The summed E-state index contributed by atoms with van der Waals surface area (Å²) in [7, 11) is 0. The maximum Gasteiger partial charge on any atom is 0.247 e. The van der Waals surface area contributed by atoms with Crippen LogP contribution in [0.4, 0.5) is 5.69 Å². The van der Waals surface area contributed by atoms with Crippen LogP contribution in [-0.4, -0.2) is 30.5 Å². The number of aromatic nitrogens is 5. The Morgan fingerprint density at radius 2 is 2.27 bits per heavy atom. The van der Waals surface area contributed by atoms with Crippen LogP contribution in [-0.2, 0) is 17.8 Å². The van der Waals surface area contributed by atoms with E-state index in [0.29, 0.717) is 5.69 Å². The number of rotatable bonds is 4. The van der Waals surface area contributed by atoms with Crippen LogP contribution in [0.1, 0.15) is 43.9 Å². The third-order valence-electron chi connectivity index (χ3n) is 3.96. The fourth-order valence-corrected chi connectivity index (χ4v) is 2.74. The SMILES string of the molecule is C=CC(=O)Nc1cnn(C(C)c2nnc3n2CCCCC3)c1. The molecule has 0 fully saturated rings. The third kappa shape index (κ3) is 2.79. The summed E-state index contributed by atoms with van der Waals surface area (Å²) in [5.74, 6) is 1.73. The Morgan fingerprint density at radius 1 is 1.41 bits per heavy atom. The molecule has 1 N–H and O–H groups in total. The Morgan fingerprint density at radius 3 is 3.09 bits per heavy atom. The maximum atomic E-state index is 11.3. The van der Waals surface area contributed by atoms with Crippen molar-refractivity contribution >= 4 is 11.6 Å². The minimum Gasteiger partial charge on any atom is -0.320 e. The number of aryl methyl sites for hydroxylation is 1. The first-order valence-corrected chi connectivity index (χ1v) is 7.58. The van der Waals surface area contributed by atoms with Crippen LogP contribution in [0.25, 0.3) is 0 Å². The van der Waals surface area contributed by atoms with Crippen molar-refractivity contribution in [3.05, 3.63) is 36.7 Å². The molecular weight excluding hydrogens is 280 g/mol. The lowest BCUT2D eigenvalue weighted by atomic mass is 10.2. The van der Waals surface area contributed by atoms with Crippen molar-refractivity contribution in [1.29, 1.82) is 0 Å². The van der Waals surface area contributed by atoms with E-state index in [-0.39, 0.29) is 11.9 Å². The summed E-state index contributed by atoms with van der Waals surface area (Å²) >= 11 is 0. The van der Waals surface area contributed by atoms with Crippen molar-refractivity contribution in [2.45, 2.75) is 45.2 Å². The minimum absolute atomic E-state index is 0.0336. The van der Waals surface area contributed by atoms with Gasteiger partial charge in [-0.2, -0.15) is 5.10 Å². The highest BCUT2D eigenvalue weighted by Crippen LogP contribution is 2.22. The average Bonchev–Trinajstić information content (AvgIpc) is 3.08. The lowest BCUT2D eigenvalue weighted by molar-refractivity contribution is -0.111. The molecule has 7 heteroatoms. The fraction of sp³-hybridized carbons (Fsp3) is 0.467. The van der Waals surface area contributed by atoms with Gasteiger partial charge in [0.25, 0.3) is 0 Å². The second-order valence-electron chi connectivity index (χ2n) is 5.52. The molecule has 1 aliphatic heterocycles. The van der Waals surface area contributed by atoms with Crippen LogP contribution >= 0.6 is 0 Å². The molecule has 0 saturated heterocycles. The van der Waals surface area contributed by atoms with Gasteiger partial charge in [0, 0.05) is 19.2 Å². The molecule has 0 aliphatic carbocycles. The van der Waals surface area contributed by atoms with Gasteiger partial charge in [-0.15, -0.1) is 10.2 Å². The number of hydrogen-bond acceptors (Lipinski definition) is 4. The molecular formula is C15H20N6O. The first-order chi connectivity index (χ1) is 10.7. The van der Waals surface area contributed by atoms with Gasteiger partial charge in [-0.1, -0.05) is 13.0 Å². The van der Waals surface area contributed by atoms with Gasteiger partial charge >= 0.3 is 0 Å². The van der Waals surface area contributed by atoms with Crippen LogP contribution in [0.15, 0.2) is 25.0 Å². The summed E-state index contributed by atoms with van der Waals surface area (Å²) in [6.07, 6.45) is 9.20. The zero-order valence-electron chi connectivity index (χ0n) is 12.7. The second kappa shape index (κ2) is 6.13. The standard InChI is InChI=1S/C15H20N6O/c1-3-14(22)17-12-9-16-21(10-12)11(2)15-19-18-13-7-5-4-6-8-20(13)15/h3,9-11H,1,4-8H2,2H3,(H,17,22). The molecule has 0 bridgehead atoms. The van der Waals surface area contributed by atoms with Crippen LogP contribution < -0.4 is 5.32 Å². The Balaban J connectivity index is 1.82. The van der Waals surface area contributed by atoms with Crippen molar-refractivity contribution in [3.8, 4) is 0 Å². The molecule has 0 saturated carbocycles. The largest absolute Gasteiger partial charge is 0.320 e. The van der Waals surface area contributed by atoms with E-state index in [1.54, 1.807) is 17.1 Å². The van der Waals surface area contributed by atoms with Gasteiger partial charge in [0.1, 0.15) is 11.9 Å². The number of fused-ring (bicyclic) bond motifs is 1. The first kappa shape index (κ1) is 14.5. The normalized spacial score (nSPS) is 15.7. The molecule has 1 aliphatic rings. The van der Waals surface area contributed by atoms with Crippen LogP contribution in [0.2, 0.25) is 0 Å². The number of nitrogens with one attached hydrogen (secondary N) is 1. The lowest BCUT2D eigenvalue weighted by Gasteiger charge is -2.13. The second-order valence-corrected chi connectivity index (χ2v) is 5.52. The van der Waals surface area contributed by atoms with E-state index in [2.05, 4.69) is 31.8 Å². The molecule has 0 spiro atoms. The van der Waals surface area contributed by atoms with E-state index in [1.807, 2.05) is 6.92 Å². The molecule has 0 aromatic carbocycles. The molecule has 2 aromatic heterocycles. The van der Waals surface area contributed by atoms with Gasteiger partial charge in [0.05, 0.1) is 11.9 Å². The van der Waals surface area contributed by atoms with Gasteiger partial charge < -0.3 is 9.88 Å². The van der Waals surface area contributed by atoms with E-state index in [9.17, 15) is 4.79 Å². The molecule has 0 radical (unpaired) electrons. The Bertz CT molecular complexity index is 686. The van der Waals surface area contributed by atoms with E-state index in [1.165, 1.54) is 18.9 Å². The van der Waals surface area contributed by atoms with Crippen molar-refractivity contribution in [2.75, 3.05) is 5.32 Å². The third-order valence-corrected chi connectivity index (χ3v) is 3.96. The number of carbonyl (C=O) groups is 1. The molecule has 7 nitrogen and oxygen atoms in total. The summed E-state index contributed by atoms with van der Waals surface area (Å²) < 4.78 is 4.00. The van der Waals surface area contributed by atoms with Crippen molar-refractivity contribution in [2.24, 2.45) is 0 Å². The minimum atomic E-state index is -0.247. The quantitative estimate of drug-likeness (QED) is 0.875. The molecule has 3 rings (SSSR count). The highest BCUT2D eigenvalue weighted by molar-refractivity contribution is 5.98. The zero-order chi connectivity index (χ0) is 15.5. The summed E-state index contributed by atoms with van der Waals surface area (Å²) in [6.45, 7) is 6.43. The number of nitrogens with zero attached hydrogens (tertiary/aromatic N) is 5. The average molecular weight is 300 g/mol. The number of anilines is 1. The molecule has 116 valence electrons. The van der Waals surface area contributed by atoms with Gasteiger partial charge in [-0.05, 0) is 25.8 Å². The molecule has 1 amide bonds. The van der Waals surface area contributed by atoms with Crippen LogP contribution in [0, 0.1) is 0 Å². The zero-order valence-corrected chi connectivity index (χ0v) is 12.7. The number of hydrogen-bond donors (Lipinski definition) is 1. The van der Waals surface area contributed by atoms with Crippen molar-refractivity contribution < 1.29 is 4.79 Å². The molecule has 1 atom stereocenters. The van der Waals surface area contributed by atoms with Crippen LogP contribution in [0.5, 0.6) is 0 Å². The van der Waals surface area contributed by atoms with E-state index in [4.69, 9.17) is 0 Å². The van der Waals surface area contributed by atoms with Gasteiger partial charge in [0.2, 0.25) is 5.91 Å². The summed E-state index contributed by atoms with van der Waals surface area (Å²) in [6, 6.07) is -0.0336. The van der Waals surface area contributed by atoms with Crippen LogP contribution in [0.3, 0.4) is 0 Å². The van der Waals surface area contributed by atoms with Crippen molar-refractivity contribution in [1.82, 2.24) is 24.5 Å². The van der Waals surface area contributed by atoms with Gasteiger partial charge in [-0.3, -0.25) is 9.48 Å². The molecule has 1 unspecified atom stereocenters. The van der Waals surface area contributed by atoms with Crippen molar-refractivity contribution in [3.63, 3.8) is 0 Å². The van der Waals surface area contributed by atoms with Gasteiger partial charge in [0.15, 0.2) is 5.82 Å². The summed E-state index contributed by atoms with van der Waals surface area (Å²) in [5.41, 5.74) is 0.646. The molecule has 2 aromatic rings. The lowest BCUT2D eigenvalue weighted by Crippen LogP contribution is -2.15. The first-order valence-electron chi connectivity index (χ1n) is 7.58. The maximum absolute atomic E-state index is 11.3. The predicted molar refractivity (Wildman–Crippen MR) is 82.4 cm³/mol. The number of carbonyl (C=O) groups excluding carboxylic acids is 1. The Labute approximate surface area is 129 Å². The highest BCUT2D eigenvalue weighted by atomic mass is 16.1. The summed E-state index contributed by atoms with van der Waals surface area (Å²) in [5, 5.41) is 15.7. The smallest absolute Gasteiger partial charge is 0.247 e. The monoisotopic (exact) mass is 300 g/mol. The Hall–Kier alpha value is -2.44. The Kier molecular flexibility index (Phi) is 4.04. The fourth-order valence-electron chi connectivity index (χ4n) is 2.74. The molecule has 3 heterocycles. The topological polar surface area (TPSA) is 77.6 Å². The molecule has 22 heavy (non-hydrogen) atoms. The van der Waals surface area contributed by atoms with E-state index in [0.717, 1.165) is 31.0 Å². The predicted octanol–water partition coefficient (Wildman–Crippen LogP) is 1.93. The van der Waals surface area contributed by atoms with Gasteiger partial charge in [-0.25, -0.2) is 0 Å². The highest BCUT2D eigenvalue weighted by Gasteiger charge is 2.21. The summed E-state index contributed by atoms with van der Waals surface area (Å²) in [4.78, 5) is 11.3. The number of amides is 1. The van der Waals surface area contributed by atoms with E-state index < -0.39 is 0 Å². The van der Waals surface area contributed by atoms with E-state index >= 15 is 0 Å².